The van der Waals surface area contributed by atoms with Gasteiger partial charge in [0.2, 0.25) is 0 Å². The molecule has 0 atom stereocenters. The van der Waals surface area contributed by atoms with E-state index >= 15 is 0 Å². The van der Waals surface area contributed by atoms with Gasteiger partial charge >= 0.3 is 6.18 Å². The summed E-state index contributed by atoms with van der Waals surface area (Å²) in [6.07, 6.45) is 1.89. The highest BCUT2D eigenvalue weighted by Crippen LogP contribution is 2.29. The summed E-state index contributed by atoms with van der Waals surface area (Å²) < 4.78 is 63.2. The van der Waals surface area contributed by atoms with Crippen molar-refractivity contribution in [1.82, 2.24) is 4.31 Å². The van der Waals surface area contributed by atoms with Crippen LogP contribution in [0.25, 0.3) is 0 Å². The maximum Gasteiger partial charge on any atom is 0.430 e. The third kappa shape index (κ3) is 3.57. The highest BCUT2D eigenvalue weighted by atomic mass is 32.2. The standard InChI is InChI=1S/C17H14F3N3O2S/c18-17(19,20)16(21)10-15(12-4-2-1-3-5-12)22-13-6-7-14-11-23(9-8-13)26(14,24)25/h1-8,10-11H,9,21H2. The minimum atomic E-state index is -4.67. The van der Waals surface area contributed by atoms with E-state index in [0.29, 0.717) is 11.3 Å². The summed E-state index contributed by atoms with van der Waals surface area (Å²) in [7, 11) is -3.43. The van der Waals surface area contributed by atoms with E-state index in [-0.39, 0.29) is 17.2 Å². The summed E-state index contributed by atoms with van der Waals surface area (Å²) in [5.74, 6) is 0. The second-order valence-corrected chi connectivity index (χ2v) is 7.42. The number of allylic oxidation sites excluding steroid dienone is 4. The molecule has 2 bridgehead atoms. The van der Waals surface area contributed by atoms with Crippen molar-refractivity contribution in [2.24, 2.45) is 10.7 Å². The van der Waals surface area contributed by atoms with Crippen molar-refractivity contribution in [2.45, 2.75) is 6.18 Å². The van der Waals surface area contributed by atoms with Crippen LogP contribution in [-0.2, 0) is 10.0 Å². The van der Waals surface area contributed by atoms with Crippen molar-refractivity contribution in [3.8, 4) is 0 Å². The van der Waals surface area contributed by atoms with E-state index in [0.717, 1.165) is 10.4 Å². The number of hydrogen-bond donors (Lipinski definition) is 1. The van der Waals surface area contributed by atoms with Crippen LogP contribution in [0, 0.1) is 0 Å². The van der Waals surface area contributed by atoms with Gasteiger partial charge in [-0.2, -0.15) is 13.2 Å². The summed E-state index contributed by atoms with van der Waals surface area (Å²) in [6, 6.07) is 8.29. The Balaban J connectivity index is 2.01. The predicted octanol–water partition coefficient (Wildman–Crippen LogP) is 2.82. The number of sulfonamides is 1. The molecule has 26 heavy (non-hydrogen) atoms. The summed E-state index contributed by atoms with van der Waals surface area (Å²) >= 11 is 0. The van der Waals surface area contributed by atoms with Gasteiger partial charge in [-0.1, -0.05) is 30.3 Å². The Labute approximate surface area is 148 Å². The van der Waals surface area contributed by atoms with Crippen LogP contribution in [-0.4, -0.2) is 31.2 Å². The molecule has 136 valence electrons. The number of hydrogen-bond acceptors (Lipinski definition) is 4. The third-order valence-electron chi connectivity index (χ3n) is 3.72. The molecular weight excluding hydrogens is 367 g/mol. The number of nitrogens with zero attached hydrogens (tertiary/aromatic N) is 2. The normalized spacial score (nSPS) is 19.9. The largest absolute Gasteiger partial charge is 0.430 e. The first-order valence-electron chi connectivity index (χ1n) is 7.48. The molecule has 3 heterocycles. The smallest absolute Gasteiger partial charge is 0.395 e. The Morgan fingerprint density at radius 2 is 1.88 bits per heavy atom. The van der Waals surface area contributed by atoms with Crippen LogP contribution in [0.4, 0.5) is 13.2 Å². The molecule has 2 N–H and O–H groups in total. The Morgan fingerprint density at radius 1 is 1.19 bits per heavy atom. The zero-order chi connectivity index (χ0) is 18.9. The van der Waals surface area contributed by atoms with Crippen molar-refractivity contribution in [1.29, 1.82) is 0 Å². The molecule has 1 aromatic carbocycles. The van der Waals surface area contributed by atoms with Crippen LogP contribution in [0.15, 0.2) is 82.1 Å². The number of alkyl halides is 3. The van der Waals surface area contributed by atoms with Crippen molar-refractivity contribution in [3.05, 3.63) is 82.7 Å². The van der Waals surface area contributed by atoms with E-state index < -0.39 is 21.9 Å². The van der Waals surface area contributed by atoms with Gasteiger partial charge in [0.05, 0.1) is 18.0 Å². The SMILES string of the molecule is NC(=CC(=NC1=CCN2C=C(C=C1)S2(=O)=O)c1ccccc1)C(F)(F)F. The van der Waals surface area contributed by atoms with Crippen molar-refractivity contribution in [3.63, 3.8) is 0 Å². The summed E-state index contributed by atoms with van der Waals surface area (Å²) in [5, 5.41) is 0. The Morgan fingerprint density at radius 3 is 2.50 bits per heavy atom. The Kier molecular flexibility index (Phi) is 4.49. The molecule has 5 nitrogen and oxygen atoms in total. The molecule has 0 unspecified atom stereocenters. The van der Waals surface area contributed by atoms with E-state index in [9.17, 15) is 21.6 Å². The molecule has 3 aliphatic rings. The molecule has 1 aromatic rings. The van der Waals surface area contributed by atoms with E-state index in [1.54, 1.807) is 30.3 Å². The zero-order valence-corrected chi connectivity index (χ0v) is 14.1. The lowest BCUT2D eigenvalue weighted by atomic mass is 10.1. The van der Waals surface area contributed by atoms with Crippen LogP contribution in [0.3, 0.4) is 0 Å². The quantitative estimate of drug-likeness (QED) is 0.818. The fraction of sp³-hybridized carbons (Fsp3) is 0.118. The molecule has 0 aliphatic carbocycles. The van der Waals surface area contributed by atoms with Crippen LogP contribution < -0.4 is 5.73 Å². The van der Waals surface area contributed by atoms with Crippen LogP contribution in [0.2, 0.25) is 0 Å². The average Bonchev–Trinajstić information content (AvgIpc) is 2.55. The number of benzene rings is 1. The zero-order valence-electron chi connectivity index (χ0n) is 13.3. The molecule has 0 saturated carbocycles. The molecule has 0 radical (unpaired) electrons. The second kappa shape index (κ2) is 6.49. The lowest BCUT2D eigenvalue weighted by Crippen LogP contribution is -2.36. The second-order valence-electron chi connectivity index (χ2n) is 5.53. The monoisotopic (exact) mass is 381 g/mol. The fourth-order valence-electron chi connectivity index (χ4n) is 2.30. The Bertz CT molecular complexity index is 972. The van der Waals surface area contributed by atoms with Crippen LogP contribution >= 0.6 is 0 Å². The van der Waals surface area contributed by atoms with E-state index in [1.165, 1.54) is 24.4 Å². The van der Waals surface area contributed by atoms with Gasteiger partial charge in [-0.25, -0.2) is 13.4 Å². The first kappa shape index (κ1) is 18.0. The minimum Gasteiger partial charge on any atom is -0.395 e. The first-order chi connectivity index (χ1) is 12.2. The average molecular weight is 381 g/mol. The highest BCUT2D eigenvalue weighted by Gasteiger charge is 2.33. The minimum absolute atomic E-state index is 0.0254. The maximum atomic E-state index is 12.8. The van der Waals surface area contributed by atoms with E-state index in [2.05, 4.69) is 4.99 Å². The van der Waals surface area contributed by atoms with E-state index in [4.69, 9.17) is 5.73 Å². The number of nitrogens with two attached hydrogens (primary N) is 1. The molecule has 0 spiro atoms. The van der Waals surface area contributed by atoms with Crippen LogP contribution in [0.5, 0.6) is 0 Å². The lowest BCUT2D eigenvalue weighted by molar-refractivity contribution is -0.0925. The highest BCUT2D eigenvalue weighted by molar-refractivity contribution is 7.94. The predicted molar refractivity (Wildman–Crippen MR) is 92.2 cm³/mol. The third-order valence-corrected chi connectivity index (χ3v) is 5.42. The number of rotatable bonds is 3. The number of aliphatic imine (C=N–C) groups is 1. The number of fused-ring (bicyclic) bond motifs is 2. The molecule has 3 aliphatic heterocycles. The fourth-order valence-corrected chi connectivity index (χ4v) is 3.44. The molecule has 4 rings (SSSR count). The lowest BCUT2D eigenvalue weighted by Gasteiger charge is -2.29. The van der Waals surface area contributed by atoms with Gasteiger partial charge in [0.25, 0.3) is 10.0 Å². The van der Waals surface area contributed by atoms with Gasteiger partial charge in [-0.05, 0) is 24.3 Å². The van der Waals surface area contributed by atoms with Crippen molar-refractivity contribution >= 4 is 15.7 Å². The first-order valence-corrected chi connectivity index (χ1v) is 8.92. The molecule has 0 aromatic heterocycles. The summed E-state index contributed by atoms with van der Waals surface area (Å²) in [4.78, 5) is 4.38. The maximum absolute atomic E-state index is 12.8. The van der Waals surface area contributed by atoms with Crippen molar-refractivity contribution < 1.29 is 21.6 Å². The van der Waals surface area contributed by atoms with Gasteiger partial charge < -0.3 is 5.73 Å². The topological polar surface area (TPSA) is 75.8 Å². The number of halogens is 3. The van der Waals surface area contributed by atoms with Gasteiger partial charge in [0.15, 0.2) is 0 Å². The van der Waals surface area contributed by atoms with Crippen molar-refractivity contribution in [2.75, 3.05) is 6.54 Å². The molecular formula is C17H14F3N3O2S. The molecule has 0 saturated heterocycles. The molecule has 0 amide bonds. The molecule has 9 heteroatoms. The van der Waals surface area contributed by atoms with E-state index in [1.807, 2.05) is 0 Å². The van der Waals surface area contributed by atoms with Gasteiger partial charge in [-0.15, -0.1) is 0 Å². The van der Waals surface area contributed by atoms with Gasteiger partial charge in [0.1, 0.15) is 10.6 Å². The van der Waals surface area contributed by atoms with Gasteiger partial charge in [-0.3, -0.25) is 4.31 Å². The summed E-state index contributed by atoms with van der Waals surface area (Å²) in [5.41, 5.74) is 4.68. The molecule has 0 fully saturated rings. The van der Waals surface area contributed by atoms with Gasteiger partial charge in [0, 0.05) is 11.8 Å². The van der Waals surface area contributed by atoms with Crippen LogP contribution in [0.1, 0.15) is 5.56 Å². The Hall–Kier alpha value is -2.81. The summed E-state index contributed by atoms with van der Waals surface area (Å²) in [6.45, 7) is 0.0511.